The third-order valence-corrected chi connectivity index (χ3v) is 4.77. The van der Waals surface area contributed by atoms with Gasteiger partial charge in [-0.25, -0.2) is 4.98 Å². The predicted molar refractivity (Wildman–Crippen MR) is 74.7 cm³/mol. The van der Waals surface area contributed by atoms with Gasteiger partial charge in [0.2, 0.25) is 5.91 Å². The summed E-state index contributed by atoms with van der Waals surface area (Å²) in [7, 11) is 0. The minimum absolute atomic E-state index is 0.00167. The molecular weight excluding hydrogens is 260 g/mol. The fraction of sp³-hybridized carbons (Fsp3) is 0.615. The van der Waals surface area contributed by atoms with E-state index in [0.29, 0.717) is 11.0 Å². The average Bonchev–Trinajstić information content (AvgIpc) is 2.80. The number of nitriles is 1. The molecule has 5 nitrogen and oxygen atoms in total. The van der Waals surface area contributed by atoms with Crippen molar-refractivity contribution in [3.63, 3.8) is 0 Å². The maximum absolute atomic E-state index is 11.9. The Morgan fingerprint density at radius 1 is 1.68 bits per heavy atom. The number of carbonyl (C=O) groups excluding carboxylic acids is 1. The highest BCUT2D eigenvalue weighted by Crippen LogP contribution is 2.31. The topological polar surface area (TPSA) is 77.8 Å². The first-order valence-corrected chi connectivity index (χ1v) is 7.36. The van der Waals surface area contributed by atoms with E-state index in [1.807, 2.05) is 12.4 Å². The van der Waals surface area contributed by atoms with Crippen molar-refractivity contribution in [1.82, 2.24) is 10.3 Å². The van der Waals surface area contributed by atoms with Crippen LogP contribution in [0.4, 0.5) is 5.13 Å². The highest BCUT2D eigenvalue weighted by Gasteiger charge is 2.34. The van der Waals surface area contributed by atoms with Crippen LogP contribution in [0.15, 0.2) is 6.20 Å². The molecule has 0 radical (unpaired) electrons. The zero-order valence-corrected chi connectivity index (χ0v) is 12.0. The van der Waals surface area contributed by atoms with Crippen LogP contribution in [0.3, 0.4) is 0 Å². The van der Waals surface area contributed by atoms with Crippen LogP contribution in [0.2, 0.25) is 0 Å². The summed E-state index contributed by atoms with van der Waals surface area (Å²) in [6, 6.07) is 0.160. The third kappa shape index (κ3) is 3.24. The van der Waals surface area contributed by atoms with Gasteiger partial charge >= 0.3 is 0 Å². The molecule has 1 aliphatic rings. The zero-order chi connectivity index (χ0) is 13.8. The van der Waals surface area contributed by atoms with E-state index >= 15 is 0 Å². The molecule has 2 rings (SSSR count). The summed E-state index contributed by atoms with van der Waals surface area (Å²) in [6.45, 7) is 4.29. The fourth-order valence-corrected chi connectivity index (χ4v) is 2.98. The lowest BCUT2D eigenvalue weighted by atomic mass is 9.80. The number of hydrogen-bond donors (Lipinski definition) is 2. The summed E-state index contributed by atoms with van der Waals surface area (Å²) in [5.41, 5.74) is 0. The Balaban J connectivity index is 1.83. The van der Waals surface area contributed by atoms with E-state index in [9.17, 15) is 4.79 Å². The van der Waals surface area contributed by atoms with Crippen LogP contribution in [0.25, 0.3) is 0 Å². The van der Waals surface area contributed by atoms with Crippen molar-refractivity contribution >= 4 is 22.4 Å². The second-order valence-corrected chi connectivity index (χ2v) is 6.05. The first-order valence-electron chi connectivity index (χ1n) is 6.55. The van der Waals surface area contributed by atoms with E-state index in [4.69, 9.17) is 5.26 Å². The Kier molecular flexibility index (Phi) is 4.38. The number of nitrogens with zero attached hydrogens (tertiary/aromatic N) is 2. The minimum atomic E-state index is 0.00167. The second kappa shape index (κ2) is 6.02. The van der Waals surface area contributed by atoms with Crippen LogP contribution in [0.1, 0.15) is 43.9 Å². The van der Waals surface area contributed by atoms with E-state index < -0.39 is 0 Å². The second-order valence-electron chi connectivity index (χ2n) is 4.99. The number of amides is 1. The van der Waals surface area contributed by atoms with Crippen molar-refractivity contribution in [2.45, 2.75) is 45.1 Å². The molecular formula is C13H18N4OS. The Hall–Kier alpha value is -1.61. The average molecular weight is 278 g/mol. The molecule has 1 aromatic heterocycles. The van der Waals surface area contributed by atoms with Gasteiger partial charge < -0.3 is 10.6 Å². The molecule has 6 heteroatoms. The smallest absolute Gasteiger partial charge is 0.229 e. The van der Waals surface area contributed by atoms with Gasteiger partial charge in [-0.3, -0.25) is 4.79 Å². The summed E-state index contributed by atoms with van der Waals surface area (Å²) in [5.74, 6) is 0.499. The highest BCUT2D eigenvalue weighted by molar-refractivity contribution is 7.15. The SMILES string of the molecule is CC[C@@H](C)c1cnc(NC(=O)[C@H]2C[C@H](NC#N)C2)s1. The Bertz CT molecular complexity index is 487. The van der Waals surface area contributed by atoms with Gasteiger partial charge in [0.25, 0.3) is 0 Å². The molecule has 1 heterocycles. The lowest BCUT2D eigenvalue weighted by molar-refractivity contribution is -0.122. The number of aromatic nitrogens is 1. The monoisotopic (exact) mass is 278 g/mol. The van der Waals surface area contributed by atoms with E-state index in [2.05, 4.69) is 29.5 Å². The standard InChI is InChI=1S/C13H18N4OS/c1-3-8(2)11-6-15-13(19-11)17-12(18)9-4-10(5-9)16-7-14/h6,8-10,16H,3-5H2,1-2H3,(H,15,17,18)/t8-,9-,10-/m1/s1. The van der Waals surface area contributed by atoms with Crippen LogP contribution >= 0.6 is 11.3 Å². The molecule has 1 aromatic rings. The van der Waals surface area contributed by atoms with Crippen LogP contribution in [-0.2, 0) is 4.79 Å². The lowest BCUT2D eigenvalue weighted by Crippen LogP contribution is -2.44. The van der Waals surface area contributed by atoms with Gasteiger partial charge in [-0.05, 0) is 25.2 Å². The Morgan fingerprint density at radius 2 is 2.42 bits per heavy atom. The van der Waals surface area contributed by atoms with Gasteiger partial charge in [0.05, 0.1) is 0 Å². The lowest BCUT2D eigenvalue weighted by Gasteiger charge is -2.32. The maximum atomic E-state index is 11.9. The first-order chi connectivity index (χ1) is 9.13. The molecule has 0 bridgehead atoms. The maximum Gasteiger partial charge on any atom is 0.229 e. The quantitative estimate of drug-likeness (QED) is 0.640. The first kappa shape index (κ1) is 13.8. The molecule has 0 aromatic carbocycles. The number of rotatable bonds is 5. The van der Waals surface area contributed by atoms with Crippen LogP contribution in [0, 0.1) is 17.4 Å². The minimum Gasteiger partial charge on any atom is -0.321 e. The summed E-state index contributed by atoms with van der Waals surface area (Å²) in [4.78, 5) is 17.4. The van der Waals surface area contributed by atoms with Gasteiger partial charge in [-0.2, -0.15) is 5.26 Å². The van der Waals surface area contributed by atoms with Gasteiger partial charge in [0, 0.05) is 23.0 Å². The fourth-order valence-electron chi connectivity index (χ4n) is 2.02. The molecule has 0 spiro atoms. The van der Waals surface area contributed by atoms with Gasteiger partial charge in [-0.1, -0.05) is 13.8 Å². The van der Waals surface area contributed by atoms with Crippen LogP contribution in [0.5, 0.6) is 0 Å². The molecule has 102 valence electrons. The molecule has 0 saturated heterocycles. The van der Waals surface area contributed by atoms with Gasteiger partial charge in [0.1, 0.15) is 0 Å². The summed E-state index contributed by atoms with van der Waals surface area (Å²) in [6.07, 6.45) is 6.27. The Labute approximate surface area is 117 Å². The molecule has 0 aliphatic heterocycles. The summed E-state index contributed by atoms with van der Waals surface area (Å²) in [5, 5.41) is 14.7. The van der Waals surface area contributed by atoms with Crippen molar-refractivity contribution in [2.24, 2.45) is 5.92 Å². The molecule has 1 amide bonds. The van der Waals surface area contributed by atoms with Crippen molar-refractivity contribution < 1.29 is 4.79 Å². The molecule has 0 unspecified atom stereocenters. The van der Waals surface area contributed by atoms with E-state index in [1.165, 1.54) is 4.88 Å². The summed E-state index contributed by atoms with van der Waals surface area (Å²) >= 11 is 1.55. The predicted octanol–water partition coefficient (Wildman–Crippen LogP) is 2.44. The number of hydrogen-bond acceptors (Lipinski definition) is 5. The van der Waals surface area contributed by atoms with Crippen molar-refractivity contribution in [3.8, 4) is 6.19 Å². The molecule has 1 aliphatic carbocycles. The van der Waals surface area contributed by atoms with Crippen molar-refractivity contribution in [3.05, 3.63) is 11.1 Å². The number of anilines is 1. The Morgan fingerprint density at radius 3 is 3.05 bits per heavy atom. The number of carbonyl (C=O) groups is 1. The third-order valence-electron chi connectivity index (χ3n) is 3.63. The number of thiazole rings is 1. The van der Waals surface area contributed by atoms with Crippen molar-refractivity contribution in [1.29, 1.82) is 5.26 Å². The largest absolute Gasteiger partial charge is 0.321 e. The van der Waals surface area contributed by atoms with Crippen LogP contribution < -0.4 is 10.6 Å². The molecule has 19 heavy (non-hydrogen) atoms. The summed E-state index contributed by atoms with van der Waals surface area (Å²) < 4.78 is 0. The van der Waals surface area contributed by atoms with E-state index in [0.717, 1.165) is 19.3 Å². The van der Waals surface area contributed by atoms with Crippen LogP contribution in [-0.4, -0.2) is 16.9 Å². The van der Waals surface area contributed by atoms with Gasteiger partial charge in [0.15, 0.2) is 11.3 Å². The zero-order valence-electron chi connectivity index (χ0n) is 11.1. The van der Waals surface area contributed by atoms with E-state index in [-0.39, 0.29) is 17.9 Å². The molecule has 1 atom stereocenters. The highest BCUT2D eigenvalue weighted by atomic mass is 32.1. The molecule has 1 fully saturated rings. The molecule has 1 saturated carbocycles. The number of nitrogens with one attached hydrogen (secondary N) is 2. The van der Waals surface area contributed by atoms with Crippen molar-refractivity contribution in [2.75, 3.05) is 5.32 Å². The molecule has 2 N–H and O–H groups in total. The normalized spacial score (nSPS) is 23.0. The van der Waals surface area contributed by atoms with E-state index in [1.54, 1.807) is 11.3 Å². The van der Waals surface area contributed by atoms with Gasteiger partial charge in [-0.15, -0.1) is 11.3 Å².